The molecule has 0 radical (unpaired) electrons. The summed E-state index contributed by atoms with van der Waals surface area (Å²) in [5, 5.41) is 2.57. The lowest BCUT2D eigenvalue weighted by Gasteiger charge is -2.26. The predicted octanol–water partition coefficient (Wildman–Crippen LogP) is 1.10. The lowest BCUT2D eigenvalue weighted by atomic mass is 9.85. The first-order valence-corrected chi connectivity index (χ1v) is 7.20. The molecule has 1 saturated heterocycles. The van der Waals surface area contributed by atoms with Crippen molar-refractivity contribution in [2.24, 2.45) is 17.8 Å². The van der Waals surface area contributed by atoms with Crippen LogP contribution in [0, 0.1) is 17.8 Å². The minimum absolute atomic E-state index is 0.182. The summed E-state index contributed by atoms with van der Waals surface area (Å²) < 4.78 is 0. The van der Waals surface area contributed by atoms with Crippen LogP contribution >= 0.6 is 0 Å². The van der Waals surface area contributed by atoms with Crippen LogP contribution in [0.5, 0.6) is 0 Å². The third kappa shape index (κ3) is 2.49. The van der Waals surface area contributed by atoms with Crippen LogP contribution in [-0.4, -0.2) is 35.7 Å². The van der Waals surface area contributed by atoms with E-state index in [2.05, 4.69) is 5.32 Å². The molecular formula is C15H22N2O3. The highest BCUT2D eigenvalue weighted by molar-refractivity contribution is 6.08. The van der Waals surface area contributed by atoms with Gasteiger partial charge in [0.1, 0.15) is 6.04 Å². The van der Waals surface area contributed by atoms with Gasteiger partial charge in [0.2, 0.25) is 17.7 Å². The molecule has 5 nitrogen and oxygen atoms in total. The van der Waals surface area contributed by atoms with Crippen molar-refractivity contribution >= 4 is 17.7 Å². The molecule has 1 aliphatic heterocycles. The van der Waals surface area contributed by atoms with Crippen molar-refractivity contribution in [2.75, 3.05) is 7.05 Å². The molecule has 2 aliphatic rings. The van der Waals surface area contributed by atoms with E-state index in [-0.39, 0.29) is 35.5 Å². The molecule has 3 unspecified atom stereocenters. The van der Waals surface area contributed by atoms with E-state index < -0.39 is 6.04 Å². The standard InChI is InChI=1S/C15H22N2O3/c1-9(2)8-12(13(18)16-3)17-14(19)10-6-4-5-7-11(10)15(17)20/h4-5,9-12H,6-8H2,1-3H3,(H,16,18). The molecule has 0 aromatic rings. The van der Waals surface area contributed by atoms with E-state index in [0.717, 1.165) is 0 Å². The van der Waals surface area contributed by atoms with Crippen molar-refractivity contribution in [2.45, 2.75) is 39.2 Å². The molecule has 0 aromatic carbocycles. The van der Waals surface area contributed by atoms with E-state index in [4.69, 9.17) is 0 Å². The summed E-state index contributed by atoms with van der Waals surface area (Å²) in [6.07, 6.45) is 5.62. The highest BCUT2D eigenvalue weighted by atomic mass is 16.2. The number of hydrogen-bond donors (Lipinski definition) is 1. The molecule has 3 amide bonds. The Bertz CT molecular complexity index is 430. The van der Waals surface area contributed by atoms with Gasteiger partial charge >= 0.3 is 0 Å². The van der Waals surface area contributed by atoms with Gasteiger partial charge in [-0.2, -0.15) is 0 Å². The molecule has 1 N–H and O–H groups in total. The first-order valence-electron chi connectivity index (χ1n) is 7.20. The van der Waals surface area contributed by atoms with Crippen molar-refractivity contribution in [3.8, 4) is 0 Å². The monoisotopic (exact) mass is 278 g/mol. The maximum atomic E-state index is 12.5. The lowest BCUT2D eigenvalue weighted by Crippen LogP contribution is -2.49. The molecular weight excluding hydrogens is 256 g/mol. The molecule has 0 bridgehead atoms. The van der Waals surface area contributed by atoms with Crippen LogP contribution in [0.1, 0.15) is 33.1 Å². The maximum Gasteiger partial charge on any atom is 0.243 e. The molecule has 1 heterocycles. The first kappa shape index (κ1) is 14.8. The topological polar surface area (TPSA) is 66.5 Å². The fourth-order valence-electron chi connectivity index (χ4n) is 3.08. The van der Waals surface area contributed by atoms with E-state index in [1.165, 1.54) is 11.9 Å². The molecule has 0 spiro atoms. The Hall–Kier alpha value is -1.65. The van der Waals surface area contributed by atoms with Gasteiger partial charge in [-0.25, -0.2) is 0 Å². The van der Waals surface area contributed by atoms with E-state index in [1.54, 1.807) is 0 Å². The van der Waals surface area contributed by atoms with Gasteiger partial charge in [0.25, 0.3) is 0 Å². The number of allylic oxidation sites excluding steroid dienone is 2. The summed E-state index contributed by atoms with van der Waals surface area (Å²) in [6.45, 7) is 3.96. The van der Waals surface area contributed by atoms with Crippen molar-refractivity contribution in [1.82, 2.24) is 10.2 Å². The van der Waals surface area contributed by atoms with E-state index >= 15 is 0 Å². The number of amides is 3. The minimum atomic E-state index is -0.675. The van der Waals surface area contributed by atoms with Crippen molar-refractivity contribution in [3.63, 3.8) is 0 Å². The quantitative estimate of drug-likeness (QED) is 0.618. The number of carbonyl (C=O) groups is 3. The number of carbonyl (C=O) groups excluding carboxylic acids is 3. The third-order valence-electron chi connectivity index (χ3n) is 4.10. The van der Waals surface area contributed by atoms with Gasteiger partial charge in [-0.15, -0.1) is 0 Å². The van der Waals surface area contributed by atoms with E-state index in [9.17, 15) is 14.4 Å². The zero-order valence-electron chi connectivity index (χ0n) is 12.3. The van der Waals surface area contributed by atoms with E-state index in [0.29, 0.717) is 19.3 Å². The van der Waals surface area contributed by atoms with Crippen LogP contribution in [0.4, 0.5) is 0 Å². The number of likely N-dealkylation sites (tertiary alicyclic amines) is 1. The number of hydrogen-bond acceptors (Lipinski definition) is 3. The zero-order valence-corrected chi connectivity index (χ0v) is 12.3. The Morgan fingerprint density at radius 2 is 1.75 bits per heavy atom. The summed E-state index contributed by atoms with van der Waals surface area (Å²) in [5.74, 6) is -0.929. The van der Waals surface area contributed by atoms with Gasteiger partial charge in [-0.1, -0.05) is 26.0 Å². The molecule has 3 atom stereocenters. The zero-order chi connectivity index (χ0) is 14.9. The second-order valence-electron chi connectivity index (χ2n) is 5.96. The molecule has 2 rings (SSSR count). The van der Waals surface area contributed by atoms with Crippen LogP contribution in [0.25, 0.3) is 0 Å². The molecule has 20 heavy (non-hydrogen) atoms. The van der Waals surface area contributed by atoms with Crippen LogP contribution in [0.15, 0.2) is 12.2 Å². The molecule has 0 aromatic heterocycles. The maximum absolute atomic E-state index is 12.5. The van der Waals surface area contributed by atoms with Crippen LogP contribution < -0.4 is 5.32 Å². The molecule has 5 heteroatoms. The minimum Gasteiger partial charge on any atom is -0.357 e. The van der Waals surface area contributed by atoms with Crippen LogP contribution in [0.3, 0.4) is 0 Å². The van der Waals surface area contributed by atoms with Gasteiger partial charge < -0.3 is 5.32 Å². The second kappa shape index (κ2) is 5.77. The van der Waals surface area contributed by atoms with Crippen LogP contribution in [-0.2, 0) is 14.4 Å². The molecule has 110 valence electrons. The second-order valence-corrected chi connectivity index (χ2v) is 5.96. The van der Waals surface area contributed by atoms with Crippen molar-refractivity contribution in [1.29, 1.82) is 0 Å². The molecule has 0 saturated carbocycles. The van der Waals surface area contributed by atoms with Crippen molar-refractivity contribution in [3.05, 3.63) is 12.2 Å². The highest BCUT2D eigenvalue weighted by Crippen LogP contribution is 2.36. The average Bonchev–Trinajstić information content (AvgIpc) is 2.68. The summed E-state index contributed by atoms with van der Waals surface area (Å²) >= 11 is 0. The Labute approximate surface area is 119 Å². The Balaban J connectivity index is 2.27. The van der Waals surface area contributed by atoms with Crippen molar-refractivity contribution < 1.29 is 14.4 Å². The summed E-state index contributed by atoms with van der Waals surface area (Å²) in [4.78, 5) is 38.3. The normalized spacial score (nSPS) is 26.9. The average molecular weight is 278 g/mol. The van der Waals surface area contributed by atoms with Crippen LogP contribution in [0.2, 0.25) is 0 Å². The number of nitrogens with one attached hydrogen (secondary N) is 1. The number of likely N-dealkylation sites (N-methyl/N-ethyl adjacent to an activating group) is 1. The predicted molar refractivity (Wildman–Crippen MR) is 74.5 cm³/mol. The summed E-state index contributed by atoms with van der Waals surface area (Å²) in [5.41, 5.74) is 0. The largest absolute Gasteiger partial charge is 0.357 e. The van der Waals surface area contributed by atoms with Gasteiger partial charge in [-0.05, 0) is 25.2 Å². The van der Waals surface area contributed by atoms with Gasteiger partial charge in [0.15, 0.2) is 0 Å². The fourth-order valence-corrected chi connectivity index (χ4v) is 3.08. The number of nitrogens with zero attached hydrogens (tertiary/aromatic N) is 1. The van der Waals surface area contributed by atoms with Gasteiger partial charge in [-0.3, -0.25) is 19.3 Å². The van der Waals surface area contributed by atoms with E-state index in [1.807, 2.05) is 26.0 Å². The number of imide groups is 1. The summed E-state index contributed by atoms with van der Waals surface area (Å²) in [6, 6.07) is -0.675. The van der Waals surface area contributed by atoms with Gasteiger partial charge in [0, 0.05) is 7.05 Å². The third-order valence-corrected chi connectivity index (χ3v) is 4.10. The Morgan fingerprint density at radius 3 is 2.15 bits per heavy atom. The van der Waals surface area contributed by atoms with Gasteiger partial charge in [0.05, 0.1) is 11.8 Å². The Morgan fingerprint density at radius 1 is 1.25 bits per heavy atom. The Kier molecular flexibility index (Phi) is 4.26. The number of rotatable bonds is 4. The fraction of sp³-hybridized carbons (Fsp3) is 0.667. The lowest BCUT2D eigenvalue weighted by molar-refractivity contribution is -0.148. The SMILES string of the molecule is CNC(=O)C(CC(C)C)N1C(=O)C2CC=CCC2C1=O. The smallest absolute Gasteiger partial charge is 0.243 e. The summed E-state index contributed by atoms with van der Waals surface area (Å²) in [7, 11) is 1.54. The number of fused-ring (bicyclic) bond motifs is 1. The first-order chi connectivity index (χ1) is 9.47. The highest BCUT2D eigenvalue weighted by Gasteiger charge is 2.50. The molecule has 1 fully saturated rings. The molecule has 1 aliphatic carbocycles.